The number of halogens is 1. The van der Waals surface area contributed by atoms with Gasteiger partial charge in [-0.15, -0.1) is 10.2 Å². The maximum Gasteiger partial charge on any atom is 0.248 e. The van der Waals surface area contributed by atoms with Gasteiger partial charge in [0.1, 0.15) is 11.0 Å². The molecule has 18 heavy (non-hydrogen) atoms. The van der Waals surface area contributed by atoms with Crippen molar-refractivity contribution in [2.24, 2.45) is 0 Å². The average molecular weight is 262 g/mol. The summed E-state index contributed by atoms with van der Waals surface area (Å²) < 4.78 is 1.73. The average Bonchev–Trinajstić information content (AvgIpc) is 2.72. The fourth-order valence-electron chi connectivity index (χ4n) is 1.80. The second kappa shape index (κ2) is 3.92. The maximum atomic E-state index is 11.3. The fourth-order valence-corrected chi connectivity index (χ4v) is 2.02. The monoisotopic (exact) mass is 261 g/mol. The minimum absolute atomic E-state index is 0.191. The summed E-state index contributed by atoms with van der Waals surface area (Å²) in [6, 6.07) is 6.47. The van der Waals surface area contributed by atoms with Gasteiger partial charge in [-0.1, -0.05) is 17.7 Å². The number of pyridine rings is 1. The summed E-state index contributed by atoms with van der Waals surface area (Å²) in [4.78, 5) is 18.2. The van der Waals surface area contributed by atoms with Crippen molar-refractivity contribution in [3.05, 3.63) is 45.6 Å². The molecule has 1 N–H and O–H groups in total. The van der Waals surface area contributed by atoms with E-state index >= 15 is 0 Å². The molecule has 6 nitrogen and oxygen atoms in total. The van der Waals surface area contributed by atoms with E-state index in [-0.39, 0.29) is 5.56 Å². The first-order chi connectivity index (χ1) is 8.65. The third-order valence-electron chi connectivity index (χ3n) is 2.54. The van der Waals surface area contributed by atoms with Gasteiger partial charge < -0.3 is 4.98 Å². The molecule has 3 aromatic rings. The van der Waals surface area contributed by atoms with Gasteiger partial charge >= 0.3 is 0 Å². The smallest absolute Gasteiger partial charge is 0.248 e. The van der Waals surface area contributed by atoms with Crippen molar-refractivity contribution in [1.82, 2.24) is 24.6 Å². The summed E-state index contributed by atoms with van der Waals surface area (Å²) in [5, 5.41) is 8.43. The SMILES string of the molecule is Cc1nc(Cl)cc2nnc(-c3cccc(=O)[nH]3)n12. The van der Waals surface area contributed by atoms with Crippen LogP contribution in [0.3, 0.4) is 0 Å². The van der Waals surface area contributed by atoms with Crippen LogP contribution in [0.5, 0.6) is 0 Å². The van der Waals surface area contributed by atoms with E-state index in [1.165, 1.54) is 6.07 Å². The molecule has 0 aliphatic rings. The summed E-state index contributed by atoms with van der Waals surface area (Å²) >= 11 is 5.85. The highest BCUT2D eigenvalue weighted by Crippen LogP contribution is 2.18. The molecule has 0 aliphatic heterocycles. The van der Waals surface area contributed by atoms with Crippen molar-refractivity contribution < 1.29 is 0 Å². The van der Waals surface area contributed by atoms with Crippen molar-refractivity contribution in [3.8, 4) is 11.5 Å². The van der Waals surface area contributed by atoms with Gasteiger partial charge in [0, 0.05) is 12.1 Å². The van der Waals surface area contributed by atoms with Crippen LogP contribution >= 0.6 is 11.6 Å². The molecule has 0 unspecified atom stereocenters. The molecule has 0 bridgehead atoms. The van der Waals surface area contributed by atoms with Crippen molar-refractivity contribution >= 4 is 17.2 Å². The lowest BCUT2D eigenvalue weighted by Gasteiger charge is -2.03. The second-order valence-electron chi connectivity index (χ2n) is 3.77. The van der Waals surface area contributed by atoms with E-state index in [1.807, 2.05) is 0 Å². The normalized spacial score (nSPS) is 11.0. The van der Waals surface area contributed by atoms with Gasteiger partial charge in [-0.3, -0.25) is 9.20 Å². The molecule has 3 aromatic heterocycles. The number of H-pyrrole nitrogens is 1. The van der Waals surface area contributed by atoms with Crippen molar-refractivity contribution in [2.45, 2.75) is 6.92 Å². The van der Waals surface area contributed by atoms with Gasteiger partial charge in [-0.2, -0.15) is 0 Å². The Bertz CT molecular complexity index is 791. The van der Waals surface area contributed by atoms with E-state index in [0.29, 0.717) is 28.1 Å². The lowest BCUT2D eigenvalue weighted by atomic mass is 10.3. The molecule has 7 heteroatoms. The standard InChI is InChI=1S/C11H8ClN5O/c1-6-13-8(12)5-9-15-16-11(17(6)9)7-3-2-4-10(18)14-7/h2-5H,1H3,(H,14,18). The Balaban J connectivity index is 2.34. The molecule has 0 atom stereocenters. The van der Waals surface area contributed by atoms with E-state index in [2.05, 4.69) is 20.2 Å². The zero-order valence-electron chi connectivity index (χ0n) is 9.38. The first-order valence-electron chi connectivity index (χ1n) is 5.23. The van der Waals surface area contributed by atoms with E-state index < -0.39 is 0 Å². The third kappa shape index (κ3) is 1.67. The van der Waals surface area contributed by atoms with Crippen molar-refractivity contribution in [2.75, 3.05) is 0 Å². The highest BCUT2D eigenvalue weighted by Gasteiger charge is 2.12. The van der Waals surface area contributed by atoms with E-state index in [0.717, 1.165) is 0 Å². The molecule has 0 amide bonds. The van der Waals surface area contributed by atoms with E-state index in [1.54, 1.807) is 29.5 Å². The molecule has 0 aromatic carbocycles. The predicted octanol–water partition coefficient (Wildman–Crippen LogP) is 1.44. The van der Waals surface area contributed by atoms with Crippen LogP contribution in [0.2, 0.25) is 5.15 Å². The van der Waals surface area contributed by atoms with Gasteiger partial charge in [0.2, 0.25) is 5.56 Å². The number of fused-ring (bicyclic) bond motifs is 1. The first-order valence-corrected chi connectivity index (χ1v) is 5.61. The molecule has 0 aliphatic carbocycles. The lowest BCUT2D eigenvalue weighted by Crippen LogP contribution is -2.06. The summed E-state index contributed by atoms with van der Waals surface area (Å²) in [6.07, 6.45) is 0. The topological polar surface area (TPSA) is 75.9 Å². The van der Waals surface area contributed by atoms with Gasteiger partial charge in [-0.05, 0) is 13.0 Å². The quantitative estimate of drug-likeness (QED) is 0.673. The zero-order chi connectivity index (χ0) is 12.7. The molecule has 3 rings (SSSR count). The lowest BCUT2D eigenvalue weighted by molar-refractivity contribution is 0.979. The van der Waals surface area contributed by atoms with Crippen molar-refractivity contribution in [3.63, 3.8) is 0 Å². The van der Waals surface area contributed by atoms with E-state index in [4.69, 9.17) is 11.6 Å². The highest BCUT2D eigenvalue weighted by atomic mass is 35.5. The summed E-state index contributed by atoms with van der Waals surface area (Å²) in [7, 11) is 0. The van der Waals surface area contributed by atoms with Gasteiger partial charge in [0.05, 0.1) is 5.69 Å². The Labute approximate surface area is 106 Å². The van der Waals surface area contributed by atoms with Crippen LogP contribution in [0.15, 0.2) is 29.1 Å². The molecular formula is C11H8ClN5O. The van der Waals surface area contributed by atoms with Crippen LogP contribution in [-0.2, 0) is 0 Å². The maximum absolute atomic E-state index is 11.3. The summed E-state index contributed by atoms with van der Waals surface area (Å²) in [5.74, 6) is 1.19. The number of aryl methyl sites for hydroxylation is 1. The van der Waals surface area contributed by atoms with Gasteiger partial charge in [0.15, 0.2) is 11.5 Å². The molecule has 0 saturated carbocycles. The molecule has 3 heterocycles. The van der Waals surface area contributed by atoms with E-state index in [9.17, 15) is 4.79 Å². The van der Waals surface area contributed by atoms with Gasteiger partial charge in [-0.25, -0.2) is 4.98 Å². The Kier molecular flexibility index (Phi) is 2.38. The predicted molar refractivity (Wildman–Crippen MR) is 66.6 cm³/mol. The number of nitrogens with zero attached hydrogens (tertiary/aromatic N) is 4. The first kappa shape index (κ1) is 10.9. The van der Waals surface area contributed by atoms with Gasteiger partial charge in [0.25, 0.3) is 0 Å². The third-order valence-corrected chi connectivity index (χ3v) is 2.73. The van der Waals surface area contributed by atoms with Crippen LogP contribution in [-0.4, -0.2) is 24.6 Å². The number of nitrogens with one attached hydrogen (secondary N) is 1. The van der Waals surface area contributed by atoms with Crippen LogP contribution < -0.4 is 5.56 Å². The van der Waals surface area contributed by atoms with Crippen LogP contribution in [0.25, 0.3) is 17.2 Å². The summed E-state index contributed by atoms with van der Waals surface area (Å²) in [5.41, 5.74) is 0.984. The molecule has 90 valence electrons. The number of aromatic amines is 1. The zero-order valence-corrected chi connectivity index (χ0v) is 10.1. The minimum atomic E-state index is -0.191. The van der Waals surface area contributed by atoms with Crippen molar-refractivity contribution in [1.29, 1.82) is 0 Å². The number of rotatable bonds is 1. The molecular weight excluding hydrogens is 254 g/mol. The van der Waals surface area contributed by atoms with Crippen LogP contribution in [0.4, 0.5) is 0 Å². The number of hydrogen-bond donors (Lipinski definition) is 1. The highest BCUT2D eigenvalue weighted by molar-refractivity contribution is 6.29. The fraction of sp³-hybridized carbons (Fsp3) is 0.0909. The Hall–Kier alpha value is -2.21. The van der Waals surface area contributed by atoms with Crippen LogP contribution in [0, 0.1) is 6.92 Å². The molecule has 0 saturated heterocycles. The molecule has 0 radical (unpaired) electrons. The summed E-state index contributed by atoms with van der Waals surface area (Å²) in [6.45, 7) is 1.80. The Morgan fingerprint density at radius 3 is 2.94 bits per heavy atom. The largest absolute Gasteiger partial charge is 0.319 e. The Morgan fingerprint density at radius 1 is 1.33 bits per heavy atom. The molecule has 0 fully saturated rings. The number of aromatic nitrogens is 5. The Morgan fingerprint density at radius 2 is 2.17 bits per heavy atom. The van der Waals surface area contributed by atoms with Crippen LogP contribution in [0.1, 0.15) is 5.82 Å². The minimum Gasteiger partial charge on any atom is -0.319 e. The second-order valence-corrected chi connectivity index (χ2v) is 4.16. The number of hydrogen-bond acceptors (Lipinski definition) is 4. The molecule has 0 spiro atoms.